The van der Waals surface area contributed by atoms with Gasteiger partial charge in [-0.15, -0.1) is 0 Å². The van der Waals surface area contributed by atoms with Crippen LogP contribution < -0.4 is 10.1 Å². The van der Waals surface area contributed by atoms with Crippen molar-refractivity contribution in [2.75, 3.05) is 14.2 Å². The average molecular weight is 328 g/mol. The number of methoxy groups -OCH3 is 1. The van der Waals surface area contributed by atoms with Crippen molar-refractivity contribution in [2.45, 2.75) is 13.0 Å². The van der Waals surface area contributed by atoms with Crippen LogP contribution in [0.3, 0.4) is 0 Å². The molecule has 0 radical (unpaired) electrons. The molecular formula is C14H15BrFNO2. The monoisotopic (exact) mass is 327 g/mol. The summed E-state index contributed by atoms with van der Waals surface area (Å²) < 4.78 is 24.7. The molecule has 2 rings (SSSR count). The normalized spacial score (nSPS) is 12.5. The van der Waals surface area contributed by atoms with Crippen molar-refractivity contribution in [3.05, 3.63) is 51.6 Å². The molecule has 3 nitrogen and oxygen atoms in total. The third kappa shape index (κ3) is 2.67. The highest BCUT2D eigenvalue weighted by Crippen LogP contribution is 2.35. The molecule has 0 fully saturated rings. The first kappa shape index (κ1) is 14.1. The molecule has 1 unspecified atom stereocenters. The molecule has 102 valence electrons. The van der Waals surface area contributed by atoms with E-state index in [4.69, 9.17) is 9.15 Å². The van der Waals surface area contributed by atoms with Crippen LogP contribution in [0.4, 0.5) is 4.39 Å². The molecule has 2 aromatic rings. The lowest BCUT2D eigenvalue weighted by molar-refractivity contribution is 0.392. The second kappa shape index (κ2) is 5.75. The van der Waals surface area contributed by atoms with E-state index in [-0.39, 0.29) is 11.9 Å². The zero-order chi connectivity index (χ0) is 14.0. The number of furan rings is 1. The van der Waals surface area contributed by atoms with Gasteiger partial charge in [-0.05, 0) is 47.6 Å². The lowest BCUT2D eigenvalue weighted by Gasteiger charge is -2.19. The molecule has 5 heteroatoms. The summed E-state index contributed by atoms with van der Waals surface area (Å²) in [6, 6.07) is 4.77. The van der Waals surface area contributed by atoms with Gasteiger partial charge in [0, 0.05) is 11.6 Å². The molecule has 0 saturated heterocycles. The fourth-order valence-electron chi connectivity index (χ4n) is 2.05. The van der Waals surface area contributed by atoms with E-state index in [2.05, 4.69) is 21.2 Å². The first-order chi connectivity index (χ1) is 9.08. The van der Waals surface area contributed by atoms with Crippen molar-refractivity contribution in [2.24, 2.45) is 0 Å². The molecule has 1 heterocycles. The second-order valence-corrected chi connectivity index (χ2v) is 5.05. The van der Waals surface area contributed by atoms with Crippen molar-refractivity contribution in [1.82, 2.24) is 5.32 Å². The largest absolute Gasteiger partial charge is 0.496 e. The summed E-state index contributed by atoms with van der Waals surface area (Å²) in [5.41, 5.74) is 1.85. The van der Waals surface area contributed by atoms with Crippen LogP contribution >= 0.6 is 15.9 Å². The molecule has 19 heavy (non-hydrogen) atoms. The third-order valence-electron chi connectivity index (χ3n) is 3.04. The predicted molar refractivity (Wildman–Crippen MR) is 75.0 cm³/mol. The third-order valence-corrected chi connectivity index (χ3v) is 3.64. The Labute approximate surface area is 119 Å². The summed E-state index contributed by atoms with van der Waals surface area (Å²) >= 11 is 3.20. The van der Waals surface area contributed by atoms with Crippen molar-refractivity contribution in [3.8, 4) is 5.75 Å². The van der Waals surface area contributed by atoms with Gasteiger partial charge in [0.2, 0.25) is 0 Å². The van der Waals surface area contributed by atoms with Gasteiger partial charge in [-0.1, -0.05) is 0 Å². The SMILES string of the molecule is CNC(c1cc(Br)c(F)cc1OC)c1occc1C. The second-order valence-electron chi connectivity index (χ2n) is 4.20. The minimum atomic E-state index is -0.355. The molecule has 0 aliphatic carbocycles. The van der Waals surface area contributed by atoms with Gasteiger partial charge in [0.1, 0.15) is 17.3 Å². The molecular weight excluding hydrogens is 313 g/mol. The molecule has 1 atom stereocenters. The molecule has 1 aromatic carbocycles. The Morgan fingerprint density at radius 2 is 2.16 bits per heavy atom. The van der Waals surface area contributed by atoms with Crippen LogP contribution in [-0.2, 0) is 0 Å². The number of hydrogen-bond donors (Lipinski definition) is 1. The summed E-state index contributed by atoms with van der Waals surface area (Å²) in [4.78, 5) is 0. The highest BCUT2D eigenvalue weighted by Gasteiger charge is 2.22. The Morgan fingerprint density at radius 3 is 2.68 bits per heavy atom. The summed E-state index contributed by atoms with van der Waals surface area (Å²) in [7, 11) is 3.34. The van der Waals surface area contributed by atoms with Crippen LogP contribution in [0.15, 0.2) is 33.4 Å². The van der Waals surface area contributed by atoms with E-state index in [9.17, 15) is 4.39 Å². The fourth-order valence-corrected chi connectivity index (χ4v) is 2.42. The summed E-state index contributed by atoms with van der Waals surface area (Å²) in [6.45, 7) is 1.97. The predicted octanol–water partition coefficient (Wildman–Crippen LogP) is 3.81. The number of benzene rings is 1. The number of ether oxygens (including phenoxy) is 1. The molecule has 0 spiro atoms. The Kier molecular flexibility index (Phi) is 4.27. The summed E-state index contributed by atoms with van der Waals surface area (Å²) in [5, 5.41) is 3.17. The summed E-state index contributed by atoms with van der Waals surface area (Å²) in [5.74, 6) is 0.918. The van der Waals surface area contributed by atoms with E-state index in [1.54, 1.807) is 12.3 Å². The van der Waals surface area contributed by atoms with Crippen molar-refractivity contribution in [1.29, 1.82) is 0 Å². The van der Waals surface area contributed by atoms with Crippen molar-refractivity contribution >= 4 is 15.9 Å². The van der Waals surface area contributed by atoms with Crippen LogP contribution in [0, 0.1) is 12.7 Å². The average Bonchev–Trinajstić information content (AvgIpc) is 2.81. The summed E-state index contributed by atoms with van der Waals surface area (Å²) in [6.07, 6.45) is 1.64. The smallest absolute Gasteiger partial charge is 0.141 e. The van der Waals surface area contributed by atoms with Crippen LogP contribution in [0.2, 0.25) is 0 Å². The zero-order valence-corrected chi connectivity index (χ0v) is 12.5. The van der Waals surface area contributed by atoms with E-state index >= 15 is 0 Å². The maximum Gasteiger partial charge on any atom is 0.141 e. The molecule has 0 amide bonds. The molecule has 0 bridgehead atoms. The van der Waals surface area contributed by atoms with Gasteiger partial charge in [0.15, 0.2) is 0 Å². The first-order valence-electron chi connectivity index (χ1n) is 5.82. The Morgan fingerprint density at radius 1 is 1.42 bits per heavy atom. The Balaban J connectivity index is 2.55. The number of nitrogens with one attached hydrogen (secondary N) is 1. The number of rotatable bonds is 4. The van der Waals surface area contributed by atoms with E-state index in [0.29, 0.717) is 10.2 Å². The van der Waals surface area contributed by atoms with Crippen LogP contribution in [0.1, 0.15) is 22.9 Å². The van der Waals surface area contributed by atoms with E-state index < -0.39 is 0 Å². The molecule has 1 aromatic heterocycles. The molecule has 0 aliphatic rings. The van der Waals surface area contributed by atoms with Gasteiger partial charge in [-0.25, -0.2) is 4.39 Å². The number of hydrogen-bond acceptors (Lipinski definition) is 3. The van der Waals surface area contributed by atoms with Gasteiger partial charge in [0.05, 0.1) is 23.9 Å². The van der Waals surface area contributed by atoms with Gasteiger partial charge in [-0.3, -0.25) is 0 Å². The van der Waals surface area contributed by atoms with E-state index in [1.807, 2.05) is 20.0 Å². The Hall–Kier alpha value is -1.33. The molecule has 1 N–H and O–H groups in total. The zero-order valence-electron chi connectivity index (χ0n) is 11.0. The van der Waals surface area contributed by atoms with Gasteiger partial charge >= 0.3 is 0 Å². The molecule has 0 aliphatic heterocycles. The van der Waals surface area contributed by atoms with Crippen molar-refractivity contribution in [3.63, 3.8) is 0 Å². The quantitative estimate of drug-likeness (QED) is 0.927. The van der Waals surface area contributed by atoms with Crippen LogP contribution in [-0.4, -0.2) is 14.2 Å². The van der Waals surface area contributed by atoms with Crippen molar-refractivity contribution < 1.29 is 13.5 Å². The maximum atomic E-state index is 13.6. The van der Waals surface area contributed by atoms with E-state index in [0.717, 1.165) is 16.9 Å². The standard InChI is InChI=1S/C14H15BrFNO2/c1-8-4-5-19-14(8)13(17-2)9-6-10(15)11(16)7-12(9)18-3/h4-7,13,17H,1-3H3. The van der Waals surface area contributed by atoms with Crippen LogP contribution in [0.5, 0.6) is 5.75 Å². The lowest BCUT2D eigenvalue weighted by atomic mass is 10.0. The highest BCUT2D eigenvalue weighted by molar-refractivity contribution is 9.10. The highest BCUT2D eigenvalue weighted by atomic mass is 79.9. The maximum absolute atomic E-state index is 13.6. The number of halogens is 2. The topological polar surface area (TPSA) is 34.4 Å². The minimum absolute atomic E-state index is 0.193. The number of aryl methyl sites for hydroxylation is 1. The lowest BCUT2D eigenvalue weighted by Crippen LogP contribution is -2.19. The van der Waals surface area contributed by atoms with Gasteiger partial charge < -0.3 is 14.5 Å². The van der Waals surface area contributed by atoms with Crippen LogP contribution in [0.25, 0.3) is 0 Å². The van der Waals surface area contributed by atoms with Gasteiger partial charge in [0.25, 0.3) is 0 Å². The van der Waals surface area contributed by atoms with Gasteiger partial charge in [-0.2, -0.15) is 0 Å². The minimum Gasteiger partial charge on any atom is -0.496 e. The first-order valence-corrected chi connectivity index (χ1v) is 6.62. The van der Waals surface area contributed by atoms with E-state index in [1.165, 1.54) is 13.2 Å². The fraction of sp³-hybridized carbons (Fsp3) is 0.286. The Bertz CT molecular complexity index is 583. The molecule has 0 saturated carbocycles.